The summed E-state index contributed by atoms with van der Waals surface area (Å²) >= 11 is 0. The first-order valence-electron chi connectivity index (χ1n) is 5.29. The molecule has 0 bridgehead atoms. The van der Waals surface area contributed by atoms with Gasteiger partial charge < -0.3 is 9.29 Å². The average molecular weight is 282 g/mol. The van der Waals surface area contributed by atoms with E-state index in [9.17, 15) is 17.4 Å². The molecular formula is C11H12FNaO4S. The molecule has 4 nitrogen and oxygen atoms in total. The van der Waals surface area contributed by atoms with Crippen molar-refractivity contribution in [1.82, 2.24) is 0 Å². The van der Waals surface area contributed by atoms with Gasteiger partial charge in [0, 0.05) is 6.61 Å². The van der Waals surface area contributed by atoms with Crippen molar-refractivity contribution in [2.24, 2.45) is 0 Å². The molecule has 0 aromatic heterocycles. The van der Waals surface area contributed by atoms with Gasteiger partial charge in [0.25, 0.3) is 0 Å². The minimum absolute atomic E-state index is 0. The zero-order chi connectivity index (χ0) is 12.5. The Morgan fingerprint density at radius 3 is 2.72 bits per heavy atom. The Labute approximate surface area is 128 Å². The van der Waals surface area contributed by atoms with Crippen LogP contribution in [-0.4, -0.2) is 19.6 Å². The molecule has 2 rings (SSSR count). The molecular weight excluding hydrogens is 270 g/mol. The molecule has 1 aromatic carbocycles. The standard InChI is InChI=1S/C11H13FO4S.Na/c12-9-4-3-8(7-17(13,14)15)10(6-9)11-2-1-5-16-11;/h3-4,6,11H,1-2,5,7H2,(H,13,14,15);/q;+1/p-1. The van der Waals surface area contributed by atoms with Crippen LogP contribution in [0.5, 0.6) is 0 Å². The molecule has 18 heavy (non-hydrogen) atoms. The monoisotopic (exact) mass is 282 g/mol. The Hall–Kier alpha value is 0.0200. The molecule has 1 atom stereocenters. The van der Waals surface area contributed by atoms with Crippen LogP contribution in [0.15, 0.2) is 18.2 Å². The van der Waals surface area contributed by atoms with Crippen molar-refractivity contribution < 1.29 is 51.7 Å². The fourth-order valence-electron chi connectivity index (χ4n) is 2.01. The second kappa shape index (κ2) is 6.45. The molecule has 7 heteroatoms. The van der Waals surface area contributed by atoms with Crippen molar-refractivity contribution in [3.8, 4) is 0 Å². The molecule has 94 valence electrons. The van der Waals surface area contributed by atoms with E-state index in [1.165, 1.54) is 12.1 Å². The van der Waals surface area contributed by atoms with Crippen molar-refractivity contribution in [3.63, 3.8) is 0 Å². The van der Waals surface area contributed by atoms with Gasteiger partial charge in [-0.1, -0.05) is 6.07 Å². The van der Waals surface area contributed by atoms with Crippen LogP contribution < -0.4 is 29.6 Å². The summed E-state index contributed by atoms with van der Waals surface area (Å²) in [6.45, 7) is 0.574. The van der Waals surface area contributed by atoms with Gasteiger partial charge in [0.2, 0.25) is 0 Å². The van der Waals surface area contributed by atoms with Gasteiger partial charge >= 0.3 is 29.6 Å². The average Bonchev–Trinajstić information content (AvgIpc) is 2.71. The first-order valence-corrected chi connectivity index (χ1v) is 6.87. The number of hydrogen-bond acceptors (Lipinski definition) is 4. The zero-order valence-corrected chi connectivity index (χ0v) is 12.9. The van der Waals surface area contributed by atoms with Crippen molar-refractivity contribution in [1.29, 1.82) is 0 Å². The van der Waals surface area contributed by atoms with Gasteiger partial charge in [-0.25, -0.2) is 12.8 Å². The summed E-state index contributed by atoms with van der Waals surface area (Å²) in [5, 5.41) is 0. The number of hydrogen-bond donors (Lipinski definition) is 0. The first kappa shape index (κ1) is 16.1. The molecule has 1 aliphatic heterocycles. The van der Waals surface area contributed by atoms with Gasteiger partial charge in [-0.05, 0) is 36.1 Å². The van der Waals surface area contributed by atoms with Gasteiger partial charge in [0.15, 0.2) is 0 Å². The van der Waals surface area contributed by atoms with E-state index < -0.39 is 21.7 Å². The first-order chi connectivity index (χ1) is 7.96. The van der Waals surface area contributed by atoms with Gasteiger partial charge in [0.1, 0.15) is 5.82 Å². The predicted octanol–water partition coefficient (Wildman–Crippen LogP) is -1.27. The molecule has 0 saturated carbocycles. The molecule has 0 amide bonds. The Morgan fingerprint density at radius 2 is 2.17 bits per heavy atom. The Kier molecular flexibility index (Phi) is 5.76. The number of rotatable bonds is 3. The van der Waals surface area contributed by atoms with Crippen molar-refractivity contribution in [2.75, 3.05) is 6.61 Å². The van der Waals surface area contributed by atoms with Crippen LogP contribution in [0.2, 0.25) is 0 Å². The molecule has 1 fully saturated rings. The molecule has 0 spiro atoms. The second-order valence-corrected chi connectivity index (χ2v) is 5.45. The minimum Gasteiger partial charge on any atom is -0.748 e. The van der Waals surface area contributed by atoms with E-state index in [-0.39, 0.29) is 35.7 Å². The summed E-state index contributed by atoms with van der Waals surface area (Å²) in [5.74, 6) is -1.08. The molecule has 1 unspecified atom stereocenters. The van der Waals surface area contributed by atoms with Crippen LogP contribution >= 0.6 is 0 Å². The van der Waals surface area contributed by atoms with Crippen LogP contribution in [0.25, 0.3) is 0 Å². The largest absolute Gasteiger partial charge is 1.00 e. The Balaban J connectivity index is 0.00000162. The number of halogens is 1. The molecule has 1 saturated heterocycles. The summed E-state index contributed by atoms with van der Waals surface area (Å²) in [6.07, 6.45) is 1.27. The second-order valence-electron chi connectivity index (χ2n) is 4.05. The smallest absolute Gasteiger partial charge is 0.748 e. The molecule has 0 radical (unpaired) electrons. The maximum atomic E-state index is 13.2. The van der Waals surface area contributed by atoms with Crippen molar-refractivity contribution in [2.45, 2.75) is 24.7 Å². The number of benzene rings is 1. The van der Waals surface area contributed by atoms with Crippen LogP contribution in [0.3, 0.4) is 0 Å². The third-order valence-corrected chi connectivity index (χ3v) is 3.38. The van der Waals surface area contributed by atoms with Gasteiger partial charge in [0.05, 0.1) is 22.0 Å². The minimum atomic E-state index is -4.37. The van der Waals surface area contributed by atoms with Crippen LogP contribution in [0, 0.1) is 5.82 Å². The van der Waals surface area contributed by atoms with E-state index in [2.05, 4.69) is 0 Å². The topological polar surface area (TPSA) is 66.4 Å². The summed E-state index contributed by atoms with van der Waals surface area (Å²) < 4.78 is 50.8. The van der Waals surface area contributed by atoms with E-state index in [1.807, 2.05) is 0 Å². The number of ether oxygens (including phenoxy) is 1. The Bertz CT molecular complexity index is 512. The van der Waals surface area contributed by atoms with E-state index in [1.54, 1.807) is 0 Å². The van der Waals surface area contributed by atoms with Crippen molar-refractivity contribution >= 4 is 10.1 Å². The van der Waals surface area contributed by atoms with Crippen LogP contribution in [0.1, 0.15) is 30.1 Å². The van der Waals surface area contributed by atoms with Gasteiger partial charge in [-0.2, -0.15) is 0 Å². The third kappa shape index (κ3) is 4.29. The van der Waals surface area contributed by atoms with Crippen LogP contribution in [-0.2, 0) is 20.6 Å². The van der Waals surface area contributed by atoms with Crippen LogP contribution in [0.4, 0.5) is 4.39 Å². The molecule has 0 aliphatic carbocycles. The molecule has 1 heterocycles. The summed E-state index contributed by atoms with van der Waals surface area (Å²) in [5.41, 5.74) is 0.801. The summed E-state index contributed by atoms with van der Waals surface area (Å²) in [4.78, 5) is 0. The predicted molar refractivity (Wildman–Crippen MR) is 57.7 cm³/mol. The van der Waals surface area contributed by atoms with E-state index in [0.717, 1.165) is 18.9 Å². The quantitative estimate of drug-likeness (QED) is 0.512. The molecule has 1 aliphatic rings. The fraction of sp³-hybridized carbons (Fsp3) is 0.455. The zero-order valence-electron chi connectivity index (χ0n) is 10.1. The third-order valence-electron chi connectivity index (χ3n) is 2.72. The normalized spacial score (nSPS) is 19.6. The van der Waals surface area contributed by atoms with Crippen molar-refractivity contribution in [3.05, 3.63) is 35.1 Å². The maximum Gasteiger partial charge on any atom is 1.00 e. The van der Waals surface area contributed by atoms with E-state index in [0.29, 0.717) is 17.7 Å². The van der Waals surface area contributed by atoms with E-state index in [4.69, 9.17) is 4.74 Å². The molecule has 0 N–H and O–H groups in total. The van der Waals surface area contributed by atoms with E-state index >= 15 is 0 Å². The van der Waals surface area contributed by atoms with Gasteiger partial charge in [-0.3, -0.25) is 0 Å². The summed E-state index contributed by atoms with van der Waals surface area (Å²) in [7, 11) is -4.37. The molecule has 1 aromatic rings. The maximum absolute atomic E-state index is 13.2. The van der Waals surface area contributed by atoms with Gasteiger partial charge in [-0.15, -0.1) is 0 Å². The summed E-state index contributed by atoms with van der Waals surface area (Å²) in [6, 6.07) is 3.73. The fourth-order valence-corrected chi connectivity index (χ4v) is 2.65. The SMILES string of the molecule is O=S(=O)([O-])Cc1ccc(F)cc1C1CCCO1.[Na+]. The Morgan fingerprint density at radius 1 is 1.44 bits per heavy atom.